The third-order valence-electron chi connectivity index (χ3n) is 3.75. The molecule has 0 radical (unpaired) electrons. The normalized spacial score (nSPS) is 26.5. The highest BCUT2D eigenvalue weighted by molar-refractivity contribution is 6.04. The molecule has 100 valence electrons. The van der Waals surface area contributed by atoms with Gasteiger partial charge >= 0.3 is 0 Å². The summed E-state index contributed by atoms with van der Waals surface area (Å²) in [5.74, 6) is 0.0891. The van der Waals surface area contributed by atoms with E-state index in [1.807, 2.05) is 49.3 Å². The molecule has 2 unspecified atom stereocenters. The van der Waals surface area contributed by atoms with Crippen LogP contribution in [0.3, 0.4) is 0 Å². The van der Waals surface area contributed by atoms with Crippen molar-refractivity contribution in [2.75, 3.05) is 19.0 Å². The minimum atomic E-state index is -0.310. The number of benzene rings is 1. The Morgan fingerprint density at radius 2 is 1.84 bits per heavy atom. The van der Waals surface area contributed by atoms with Gasteiger partial charge in [-0.05, 0) is 32.6 Å². The number of carbonyl (C=O) groups is 2. The molecule has 1 aromatic carbocycles. The van der Waals surface area contributed by atoms with Gasteiger partial charge in [0.05, 0.1) is 0 Å². The van der Waals surface area contributed by atoms with Gasteiger partial charge in [0, 0.05) is 12.1 Å². The first-order valence-corrected chi connectivity index (χ1v) is 6.47. The summed E-state index contributed by atoms with van der Waals surface area (Å²) >= 11 is 0. The Morgan fingerprint density at radius 3 is 2.47 bits per heavy atom. The molecule has 1 aromatic rings. The predicted molar refractivity (Wildman–Crippen MR) is 71.3 cm³/mol. The standard InChI is InChI=1S/C14H17N3O2/c1-15(2)14-16(10-6-4-3-5-7-10)13(19)11-8-9-12(18)17(11)14/h3-7,11,14H,8-9H2,1-2H3. The SMILES string of the molecule is CN(C)C1N(c2ccccc2)C(=O)C2CCC(=O)N21. The number of rotatable bonds is 2. The molecule has 2 amide bonds. The molecule has 0 N–H and O–H groups in total. The molecule has 0 spiro atoms. The number of fused-ring (bicyclic) bond motifs is 1. The maximum Gasteiger partial charge on any atom is 0.252 e. The molecule has 5 nitrogen and oxygen atoms in total. The van der Waals surface area contributed by atoms with E-state index in [0.29, 0.717) is 12.8 Å². The first-order valence-electron chi connectivity index (χ1n) is 6.47. The molecular weight excluding hydrogens is 242 g/mol. The van der Waals surface area contributed by atoms with Crippen LogP contribution in [0, 0.1) is 0 Å². The van der Waals surface area contributed by atoms with Crippen LogP contribution in [0.15, 0.2) is 30.3 Å². The monoisotopic (exact) mass is 259 g/mol. The summed E-state index contributed by atoms with van der Waals surface area (Å²) in [4.78, 5) is 29.9. The molecule has 2 aliphatic heterocycles. The molecule has 3 rings (SSSR count). The van der Waals surface area contributed by atoms with Gasteiger partial charge in [-0.1, -0.05) is 18.2 Å². The summed E-state index contributed by atoms with van der Waals surface area (Å²) in [7, 11) is 3.78. The summed E-state index contributed by atoms with van der Waals surface area (Å²) in [6, 6.07) is 9.24. The number of hydrogen-bond acceptors (Lipinski definition) is 3. The van der Waals surface area contributed by atoms with E-state index in [-0.39, 0.29) is 24.1 Å². The van der Waals surface area contributed by atoms with Crippen LogP contribution in [0.1, 0.15) is 12.8 Å². The van der Waals surface area contributed by atoms with Gasteiger partial charge in [-0.25, -0.2) is 0 Å². The smallest absolute Gasteiger partial charge is 0.252 e. The third-order valence-corrected chi connectivity index (χ3v) is 3.75. The zero-order valence-corrected chi connectivity index (χ0v) is 11.1. The molecule has 0 saturated carbocycles. The molecule has 2 heterocycles. The fraction of sp³-hybridized carbons (Fsp3) is 0.429. The summed E-state index contributed by atoms with van der Waals surface area (Å²) in [5, 5.41) is 0. The lowest BCUT2D eigenvalue weighted by atomic mass is 10.2. The lowest BCUT2D eigenvalue weighted by molar-refractivity contribution is -0.133. The Labute approximate surface area is 112 Å². The Bertz CT molecular complexity index is 515. The Morgan fingerprint density at radius 1 is 1.16 bits per heavy atom. The Kier molecular flexibility index (Phi) is 2.78. The van der Waals surface area contributed by atoms with Crippen molar-refractivity contribution < 1.29 is 9.59 Å². The van der Waals surface area contributed by atoms with E-state index in [1.165, 1.54) is 0 Å². The maximum absolute atomic E-state index is 12.6. The van der Waals surface area contributed by atoms with E-state index >= 15 is 0 Å². The maximum atomic E-state index is 12.6. The average molecular weight is 259 g/mol. The van der Waals surface area contributed by atoms with Crippen molar-refractivity contribution in [3.8, 4) is 0 Å². The molecule has 19 heavy (non-hydrogen) atoms. The molecule has 2 saturated heterocycles. The molecule has 2 fully saturated rings. The third kappa shape index (κ3) is 1.73. The number of para-hydroxylation sites is 1. The lowest BCUT2D eigenvalue weighted by Crippen LogP contribution is -2.51. The van der Waals surface area contributed by atoms with Crippen molar-refractivity contribution in [3.63, 3.8) is 0 Å². The largest absolute Gasteiger partial charge is 0.297 e. The molecule has 2 atom stereocenters. The number of amides is 2. The Hall–Kier alpha value is -1.88. The average Bonchev–Trinajstić information content (AvgIpc) is 2.90. The number of nitrogens with zero attached hydrogens (tertiary/aromatic N) is 3. The fourth-order valence-corrected chi connectivity index (χ4v) is 2.96. The summed E-state index contributed by atoms with van der Waals surface area (Å²) in [6.07, 6.45) is 0.796. The molecule has 0 aliphatic carbocycles. The second-order valence-electron chi connectivity index (χ2n) is 5.21. The first kappa shape index (κ1) is 12.2. The van der Waals surface area contributed by atoms with Crippen LogP contribution in [0.2, 0.25) is 0 Å². The van der Waals surface area contributed by atoms with E-state index in [1.54, 1.807) is 9.80 Å². The van der Waals surface area contributed by atoms with Gasteiger partial charge in [0.15, 0.2) is 6.29 Å². The van der Waals surface area contributed by atoms with Crippen LogP contribution < -0.4 is 4.90 Å². The van der Waals surface area contributed by atoms with E-state index in [0.717, 1.165) is 5.69 Å². The van der Waals surface area contributed by atoms with E-state index < -0.39 is 0 Å². The predicted octanol–water partition coefficient (Wildman–Crippen LogP) is 0.869. The summed E-state index contributed by atoms with van der Waals surface area (Å²) in [5.41, 5.74) is 0.841. The van der Waals surface area contributed by atoms with Crippen LogP contribution in [0.5, 0.6) is 0 Å². The van der Waals surface area contributed by atoms with E-state index in [2.05, 4.69) is 0 Å². The van der Waals surface area contributed by atoms with Crippen molar-refractivity contribution >= 4 is 17.5 Å². The van der Waals surface area contributed by atoms with Crippen molar-refractivity contribution in [3.05, 3.63) is 30.3 Å². The highest BCUT2D eigenvalue weighted by Crippen LogP contribution is 2.35. The lowest BCUT2D eigenvalue weighted by Gasteiger charge is -2.34. The second-order valence-corrected chi connectivity index (χ2v) is 5.21. The van der Waals surface area contributed by atoms with Crippen molar-refractivity contribution in [1.82, 2.24) is 9.80 Å². The van der Waals surface area contributed by atoms with Gasteiger partial charge in [0.1, 0.15) is 6.04 Å². The van der Waals surface area contributed by atoms with Crippen LogP contribution in [-0.2, 0) is 9.59 Å². The number of hydrogen-bond donors (Lipinski definition) is 0. The van der Waals surface area contributed by atoms with E-state index in [4.69, 9.17) is 0 Å². The fourth-order valence-electron chi connectivity index (χ4n) is 2.96. The molecule has 5 heteroatoms. The molecule has 0 aromatic heterocycles. The van der Waals surface area contributed by atoms with Gasteiger partial charge in [-0.15, -0.1) is 0 Å². The summed E-state index contributed by atoms with van der Waals surface area (Å²) in [6.45, 7) is 0. The molecule has 2 aliphatic rings. The second kappa shape index (κ2) is 4.35. The van der Waals surface area contributed by atoms with Crippen LogP contribution in [0.25, 0.3) is 0 Å². The molecule has 0 bridgehead atoms. The Balaban J connectivity index is 2.04. The van der Waals surface area contributed by atoms with Crippen LogP contribution in [0.4, 0.5) is 5.69 Å². The van der Waals surface area contributed by atoms with Crippen LogP contribution in [-0.4, -0.2) is 48.0 Å². The topological polar surface area (TPSA) is 43.9 Å². The minimum Gasteiger partial charge on any atom is -0.297 e. The summed E-state index contributed by atoms with van der Waals surface area (Å²) < 4.78 is 0. The van der Waals surface area contributed by atoms with Crippen molar-refractivity contribution in [2.24, 2.45) is 0 Å². The zero-order chi connectivity index (χ0) is 13.6. The van der Waals surface area contributed by atoms with Crippen molar-refractivity contribution in [2.45, 2.75) is 25.2 Å². The first-order chi connectivity index (χ1) is 9.11. The van der Waals surface area contributed by atoms with Gasteiger partial charge in [-0.3, -0.25) is 24.3 Å². The number of anilines is 1. The highest BCUT2D eigenvalue weighted by atomic mass is 16.2. The van der Waals surface area contributed by atoms with Crippen LogP contribution >= 0.6 is 0 Å². The van der Waals surface area contributed by atoms with Gasteiger partial charge in [-0.2, -0.15) is 0 Å². The quantitative estimate of drug-likeness (QED) is 0.791. The van der Waals surface area contributed by atoms with Gasteiger partial charge in [0.25, 0.3) is 5.91 Å². The van der Waals surface area contributed by atoms with Gasteiger partial charge in [0.2, 0.25) is 5.91 Å². The molecular formula is C14H17N3O2. The highest BCUT2D eigenvalue weighted by Gasteiger charge is 2.52. The van der Waals surface area contributed by atoms with Crippen molar-refractivity contribution in [1.29, 1.82) is 0 Å². The van der Waals surface area contributed by atoms with E-state index in [9.17, 15) is 9.59 Å². The number of carbonyl (C=O) groups excluding carboxylic acids is 2. The minimum absolute atomic E-state index is 0.0238. The van der Waals surface area contributed by atoms with Gasteiger partial charge < -0.3 is 0 Å². The zero-order valence-electron chi connectivity index (χ0n) is 11.1.